The molecule has 0 amide bonds. The van der Waals surface area contributed by atoms with Gasteiger partial charge in [-0.2, -0.15) is 0 Å². The lowest BCUT2D eigenvalue weighted by Gasteiger charge is -2.40. The summed E-state index contributed by atoms with van der Waals surface area (Å²) >= 11 is 0. The Balaban J connectivity index is 2.35. The number of hydrogen-bond acceptors (Lipinski definition) is 4. The molecule has 0 saturated carbocycles. The summed E-state index contributed by atoms with van der Waals surface area (Å²) in [5.74, 6) is 0.615. The van der Waals surface area contributed by atoms with Gasteiger partial charge >= 0.3 is 0 Å². The molecule has 1 fully saturated rings. The zero-order valence-electron chi connectivity index (χ0n) is 12.3. The number of nitrogens with zero attached hydrogens (tertiary/aromatic N) is 1. The van der Waals surface area contributed by atoms with Crippen LogP contribution in [0.15, 0.2) is 23.1 Å². The first kappa shape index (κ1) is 15.1. The highest BCUT2D eigenvalue weighted by molar-refractivity contribution is 7.89. The number of rotatable bonds is 3. The van der Waals surface area contributed by atoms with Crippen LogP contribution in [0.25, 0.3) is 0 Å². The summed E-state index contributed by atoms with van der Waals surface area (Å²) in [5.41, 5.74) is 7.52. The lowest BCUT2D eigenvalue weighted by atomic mass is 9.91. The quantitative estimate of drug-likeness (QED) is 0.834. The highest BCUT2D eigenvalue weighted by Crippen LogP contribution is 2.33. The van der Waals surface area contributed by atoms with Gasteiger partial charge in [0, 0.05) is 12.6 Å². The first-order valence-corrected chi connectivity index (χ1v) is 8.45. The van der Waals surface area contributed by atoms with Crippen LogP contribution in [0.2, 0.25) is 0 Å². The molecule has 0 aromatic heterocycles. The fourth-order valence-electron chi connectivity index (χ4n) is 2.75. The standard InChI is InChI=1S/C14H23N3O2S/c1-10-5-4-8-17(11(10)2)14-7-6-12(9-13(14)15)20(18,19)16-3/h6-7,9-11,16H,4-5,8,15H2,1-3H3. The molecule has 2 unspecified atom stereocenters. The minimum Gasteiger partial charge on any atom is -0.397 e. The van der Waals surface area contributed by atoms with Crippen molar-refractivity contribution in [3.05, 3.63) is 18.2 Å². The maximum absolute atomic E-state index is 11.8. The number of sulfonamides is 1. The fourth-order valence-corrected chi connectivity index (χ4v) is 3.52. The molecule has 6 heteroatoms. The van der Waals surface area contributed by atoms with E-state index in [4.69, 9.17) is 5.73 Å². The van der Waals surface area contributed by atoms with Crippen LogP contribution in [0.4, 0.5) is 11.4 Å². The monoisotopic (exact) mass is 297 g/mol. The van der Waals surface area contributed by atoms with E-state index in [2.05, 4.69) is 23.5 Å². The molecular formula is C14H23N3O2S. The van der Waals surface area contributed by atoms with Crippen LogP contribution in [-0.4, -0.2) is 28.1 Å². The zero-order valence-corrected chi connectivity index (χ0v) is 13.1. The van der Waals surface area contributed by atoms with E-state index in [9.17, 15) is 8.42 Å². The predicted molar refractivity (Wildman–Crippen MR) is 82.3 cm³/mol. The van der Waals surface area contributed by atoms with Gasteiger partial charge in [-0.15, -0.1) is 0 Å². The molecule has 5 nitrogen and oxygen atoms in total. The largest absolute Gasteiger partial charge is 0.397 e. The third-order valence-electron chi connectivity index (χ3n) is 4.26. The second-order valence-electron chi connectivity index (χ2n) is 5.48. The number of hydrogen-bond donors (Lipinski definition) is 2. The van der Waals surface area contributed by atoms with E-state index in [0.717, 1.165) is 18.7 Å². The highest BCUT2D eigenvalue weighted by Gasteiger charge is 2.26. The zero-order chi connectivity index (χ0) is 14.9. The molecule has 112 valence electrons. The Hall–Kier alpha value is -1.27. The van der Waals surface area contributed by atoms with Crippen LogP contribution in [0.3, 0.4) is 0 Å². The minimum atomic E-state index is -3.44. The predicted octanol–water partition coefficient (Wildman–Crippen LogP) is 1.80. The summed E-state index contributed by atoms with van der Waals surface area (Å²) in [5, 5.41) is 0. The lowest BCUT2D eigenvalue weighted by molar-refractivity contribution is 0.364. The molecule has 0 aliphatic carbocycles. The number of piperidine rings is 1. The fraction of sp³-hybridized carbons (Fsp3) is 0.571. The molecule has 1 aliphatic heterocycles. The Bertz CT molecular complexity index is 586. The number of nitrogens with one attached hydrogen (secondary N) is 1. The third-order valence-corrected chi connectivity index (χ3v) is 5.67. The minimum absolute atomic E-state index is 0.207. The maximum Gasteiger partial charge on any atom is 0.240 e. The Morgan fingerprint density at radius 1 is 1.35 bits per heavy atom. The molecular weight excluding hydrogens is 274 g/mol. The average Bonchev–Trinajstić information content (AvgIpc) is 2.42. The molecule has 3 N–H and O–H groups in total. The Labute approximate surface area is 121 Å². The van der Waals surface area contributed by atoms with E-state index in [-0.39, 0.29) is 4.90 Å². The second kappa shape index (κ2) is 5.61. The number of nitrogens with two attached hydrogens (primary N) is 1. The summed E-state index contributed by atoms with van der Waals surface area (Å²) in [6.07, 6.45) is 2.37. The van der Waals surface area contributed by atoms with Crippen LogP contribution in [-0.2, 0) is 10.0 Å². The second-order valence-corrected chi connectivity index (χ2v) is 7.37. The van der Waals surface area contributed by atoms with Gasteiger partial charge in [0.05, 0.1) is 16.3 Å². The van der Waals surface area contributed by atoms with Gasteiger partial charge in [0.25, 0.3) is 0 Å². The number of benzene rings is 1. The molecule has 1 heterocycles. The Morgan fingerprint density at radius 2 is 2.05 bits per heavy atom. The molecule has 1 aromatic rings. The van der Waals surface area contributed by atoms with Gasteiger partial charge in [0.15, 0.2) is 0 Å². The summed E-state index contributed by atoms with van der Waals surface area (Å²) in [7, 11) is -2.04. The molecule has 0 spiro atoms. The molecule has 1 aromatic carbocycles. The van der Waals surface area contributed by atoms with E-state index < -0.39 is 10.0 Å². The first-order valence-electron chi connectivity index (χ1n) is 6.96. The van der Waals surface area contributed by atoms with Crippen LogP contribution < -0.4 is 15.4 Å². The number of nitrogen functional groups attached to an aromatic ring is 1. The smallest absolute Gasteiger partial charge is 0.240 e. The molecule has 20 heavy (non-hydrogen) atoms. The van der Waals surface area contributed by atoms with Gasteiger partial charge < -0.3 is 10.6 Å². The SMILES string of the molecule is CNS(=O)(=O)c1ccc(N2CCCC(C)C2C)c(N)c1. The summed E-state index contributed by atoms with van der Waals surface area (Å²) in [4.78, 5) is 2.48. The molecule has 2 rings (SSSR count). The van der Waals surface area contributed by atoms with E-state index in [0.29, 0.717) is 17.6 Å². The van der Waals surface area contributed by atoms with Gasteiger partial charge in [-0.25, -0.2) is 13.1 Å². The van der Waals surface area contributed by atoms with Crippen molar-refractivity contribution in [1.29, 1.82) is 0 Å². The highest BCUT2D eigenvalue weighted by atomic mass is 32.2. The lowest BCUT2D eigenvalue weighted by Crippen LogP contribution is -2.42. The van der Waals surface area contributed by atoms with E-state index in [1.54, 1.807) is 6.07 Å². The van der Waals surface area contributed by atoms with Gasteiger partial charge in [0.1, 0.15) is 0 Å². The molecule has 1 aliphatic rings. The van der Waals surface area contributed by atoms with Crippen molar-refractivity contribution < 1.29 is 8.42 Å². The van der Waals surface area contributed by atoms with Gasteiger partial charge in [-0.1, -0.05) is 6.92 Å². The van der Waals surface area contributed by atoms with Crippen molar-refractivity contribution in [3.63, 3.8) is 0 Å². The van der Waals surface area contributed by atoms with Crippen molar-refractivity contribution in [2.24, 2.45) is 5.92 Å². The first-order chi connectivity index (χ1) is 9.36. The van der Waals surface area contributed by atoms with Gasteiger partial charge in [-0.3, -0.25) is 0 Å². The normalized spacial score (nSPS) is 23.9. The Kier molecular flexibility index (Phi) is 4.25. The summed E-state index contributed by atoms with van der Waals surface area (Å²) < 4.78 is 25.9. The average molecular weight is 297 g/mol. The van der Waals surface area contributed by atoms with E-state index in [1.807, 2.05) is 6.07 Å². The third kappa shape index (κ3) is 2.76. The topological polar surface area (TPSA) is 75.4 Å². The van der Waals surface area contributed by atoms with Crippen molar-refractivity contribution in [2.45, 2.75) is 37.6 Å². The molecule has 2 atom stereocenters. The van der Waals surface area contributed by atoms with Crippen molar-refractivity contribution in [1.82, 2.24) is 4.72 Å². The van der Waals surface area contributed by atoms with Crippen molar-refractivity contribution in [3.8, 4) is 0 Å². The van der Waals surface area contributed by atoms with Crippen LogP contribution in [0.1, 0.15) is 26.7 Å². The number of anilines is 2. The molecule has 0 radical (unpaired) electrons. The molecule has 1 saturated heterocycles. The van der Waals surface area contributed by atoms with Crippen LogP contribution in [0.5, 0.6) is 0 Å². The van der Waals surface area contributed by atoms with Crippen LogP contribution >= 0.6 is 0 Å². The van der Waals surface area contributed by atoms with Gasteiger partial charge in [0.2, 0.25) is 10.0 Å². The Morgan fingerprint density at radius 3 is 2.65 bits per heavy atom. The maximum atomic E-state index is 11.8. The summed E-state index contributed by atoms with van der Waals surface area (Å²) in [6.45, 7) is 5.40. The van der Waals surface area contributed by atoms with Gasteiger partial charge in [-0.05, 0) is 50.9 Å². The van der Waals surface area contributed by atoms with Crippen molar-refractivity contribution in [2.75, 3.05) is 24.2 Å². The summed E-state index contributed by atoms with van der Waals surface area (Å²) in [6, 6.07) is 5.38. The van der Waals surface area contributed by atoms with Crippen LogP contribution in [0, 0.1) is 5.92 Å². The van der Waals surface area contributed by atoms with E-state index in [1.165, 1.54) is 19.5 Å². The van der Waals surface area contributed by atoms with E-state index >= 15 is 0 Å². The molecule has 0 bridgehead atoms. The van der Waals surface area contributed by atoms with Crippen molar-refractivity contribution >= 4 is 21.4 Å².